The molecule has 1 aliphatic carbocycles. The van der Waals surface area contributed by atoms with E-state index in [-0.39, 0.29) is 17.9 Å². The molecule has 2 amide bonds. The van der Waals surface area contributed by atoms with E-state index in [0.717, 1.165) is 36.3 Å². The minimum atomic E-state index is -0.162. The number of carbonyl (C=O) groups excluding carboxylic acids is 2. The number of hydrogen-bond acceptors (Lipinski definition) is 3. The summed E-state index contributed by atoms with van der Waals surface area (Å²) in [6.07, 6.45) is 6.04. The van der Waals surface area contributed by atoms with Gasteiger partial charge < -0.3 is 15.0 Å². The Morgan fingerprint density at radius 1 is 1.14 bits per heavy atom. The Bertz CT molecular complexity index is 887. The summed E-state index contributed by atoms with van der Waals surface area (Å²) >= 11 is 0. The quantitative estimate of drug-likeness (QED) is 0.830. The van der Waals surface area contributed by atoms with Gasteiger partial charge in [-0.3, -0.25) is 9.59 Å². The van der Waals surface area contributed by atoms with Crippen LogP contribution >= 0.6 is 0 Å². The SMILES string of the molecule is CCC(=O)N1CCc2cc(C(=O)Nc3ccccc3OC3CCCC3)ccc21. The molecule has 146 valence electrons. The molecule has 5 heteroatoms. The smallest absolute Gasteiger partial charge is 0.255 e. The minimum absolute atomic E-state index is 0.119. The molecular weight excluding hydrogens is 352 g/mol. The van der Waals surface area contributed by atoms with Crippen LogP contribution < -0.4 is 15.0 Å². The van der Waals surface area contributed by atoms with E-state index in [4.69, 9.17) is 4.74 Å². The number of nitrogens with one attached hydrogen (secondary N) is 1. The van der Waals surface area contributed by atoms with Crippen LogP contribution in [0.15, 0.2) is 42.5 Å². The highest BCUT2D eigenvalue weighted by Gasteiger charge is 2.25. The van der Waals surface area contributed by atoms with E-state index in [0.29, 0.717) is 24.2 Å². The predicted octanol–water partition coefficient (Wildman–Crippen LogP) is 4.56. The van der Waals surface area contributed by atoms with Gasteiger partial charge in [-0.15, -0.1) is 0 Å². The average Bonchev–Trinajstić information content (AvgIpc) is 3.38. The third kappa shape index (κ3) is 3.75. The Morgan fingerprint density at radius 2 is 1.93 bits per heavy atom. The van der Waals surface area contributed by atoms with Gasteiger partial charge in [0.2, 0.25) is 5.91 Å². The largest absolute Gasteiger partial charge is 0.488 e. The van der Waals surface area contributed by atoms with Gasteiger partial charge in [0, 0.05) is 24.2 Å². The van der Waals surface area contributed by atoms with Crippen LogP contribution in [0.3, 0.4) is 0 Å². The number of anilines is 2. The van der Waals surface area contributed by atoms with E-state index >= 15 is 0 Å². The van der Waals surface area contributed by atoms with E-state index in [2.05, 4.69) is 5.32 Å². The van der Waals surface area contributed by atoms with Gasteiger partial charge in [0.1, 0.15) is 5.75 Å². The summed E-state index contributed by atoms with van der Waals surface area (Å²) in [5, 5.41) is 2.99. The molecule has 5 nitrogen and oxygen atoms in total. The van der Waals surface area contributed by atoms with Crippen molar-refractivity contribution in [2.24, 2.45) is 0 Å². The van der Waals surface area contributed by atoms with Crippen LogP contribution in [-0.2, 0) is 11.2 Å². The van der Waals surface area contributed by atoms with E-state index in [1.807, 2.05) is 48.2 Å². The Labute approximate surface area is 165 Å². The second-order valence-corrected chi connectivity index (χ2v) is 7.47. The average molecular weight is 378 g/mol. The minimum Gasteiger partial charge on any atom is -0.488 e. The first-order chi connectivity index (χ1) is 13.7. The molecule has 1 N–H and O–H groups in total. The fourth-order valence-electron chi connectivity index (χ4n) is 4.05. The Balaban J connectivity index is 1.50. The summed E-state index contributed by atoms with van der Waals surface area (Å²) in [6.45, 7) is 2.55. The number of rotatable bonds is 5. The zero-order valence-electron chi connectivity index (χ0n) is 16.2. The molecule has 1 saturated carbocycles. The van der Waals surface area contributed by atoms with Crippen molar-refractivity contribution in [3.63, 3.8) is 0 Å². The normalized spacial score (nSPS) is 16.1. The molecule has 1 fully saturated rings. The van der Waals surface area contributed by atoms with Crippen molar-refractivity contribution in [3.05, 3.63) is 53.6 Å². The van der Waals surface area contributed by atoms with Crippen molar-refractivity contribution in [1.29, 1.82) is 0 Å². The summed E-state index contributed by atoms with van der Waals surface area (Å²) < 4.78 is 6.11. The van der Waals surface area contributed by atoms with Crippen molar-refractivity contribution >= 4 is 23.2 Å². The van der Waals surface area contributed by atoms with Crippen molar-refractivity contribution in [3.8, 4) is 5.75 Å². The highest BCUT2D eigenvalue weighted by molar-refractivity contribution is 6.06. The molecule has 1 aliphatic heterocycles. The molecule has 2 aromatic rings. The second kappa shape index (κ2) is 8.05. The van der Waals surface area contributed by atoms with Gasteiger partial charge in [-0.05, 0) is 68.0 Å². The fraction of sp³-hybridized carbons (Fsp3) is 0.391. The zero-order chi connectivity index (χ0) is 19.5. The van der Waals surface area contributed by atoms with E-state index in [1.165, 1.54) is 12.8 Å². The first kappa shape index (κ1) is 18.5. The van der Waals surface area contributed by atoms with Gasteiger partial charge in [-0.2, -0.15) is 0 Å². The highest BCUT2D eigenvalue weighted by atomic mass is 16.5. The Kier molecular flexibility index (Phi) is 5.33. The number of ether oxygens (including phenoxy) is 1. The molecule has 0 radical (unpaired) electrons. The molecule has 0 unspecified atom stereocenters. The Hall–Kier alpha value is -2.82. The summed E-state index contributed by atoms with van der Waals surface area (Å²) in [5.41, 5.74) is 3.27. The maximum Gasteiger partial charge on any atom is 0.255 e. The van der Waals surface area contributed by atoms with Crippen LogP contribution in [-0.4, -0.2) is 24.5 Å². The van der Waals surface area contributed by atoms with E-state index in [9.17, 15) is 9.59 Å². The third-order valence-corrected chi connectivity index (χ3v) is 5.57. The maximum absolute atomic E-state index is 12.8. The number of fused-ring (bicyclic) bond motifs is 1. The Morgan fingerprint density at radius 3 is 2.71 bits per heavy atom. The fourth-order valence-corrected chi connectivity index (χ4v) is 4.05. The number of amides is 2. The lowest BCUT2D eigenvalue weighted by atomic mass is 10.1. The van der Waals surface area contributed by atoms with Gasteiger partial charge in [-0.1, -0.05) is 19.1 Å². The lowest BCUT2D eigenvalue weighted by Crippen LogP contribution is -2.27. The zero-order valence-corrected chi connectivity index (χ0v) is 16.2. The topological polar surface area (TPSA) is 58.6 Å². The molecule has 1 heterocycles. The molecule has 0 atom stereocenters. The number of para-hydroxylation sites is 2. The maximum atomic E-state index is 12.8. The lowest BCUT2D eigenvalue weighted by Gasteiger charge is -2.18. The summed E-state index contributed by atoms with van der Waals surface area (Å²) in [6, 6.07) is 13.2. The van der Waals surface area contributed by atoms with Crippen LogP contribution in [0.1, 0.15) is 54.9 Å². The molecule has 4 rings (SSSR count). The van der Waals surface area contributed by atoms with E-state index < -0.39 is 0 Å². The van der Waals surface area contributed by atoms with E-state index in [1.54, 1.807) is 6.07 Å². The molecule has 2 aliphatic rings. The van der Waals surface area contributed by atoms with Gasteiger partial charge in [0.05, 0.1) is 11.8 Å². The second-order valence-electron chi connectivity index (χ2n) is 7.47. The number of benzene rings is 2. The molecular formula is C23H26N2O3. The molecule has 0 bridgehead atoms. The van der Waals surface area contributed by atoms with Crippen LogP contribution in [0, 0.1) is 0 Å². The van der Waals surface area contributed by atoms with Crippen molar-refractivity contribution in [2.75, 3.05) is 16.8 Å². The molecule has 0 spiro atoms. The number of carbonyl (C=O) groups is 2. The molecule has 0 saturated heterocycles. The van der Waals surface area contributed by atoms with Crippen LogP contribution in [0.2, 0.25) is 0 Å². The first-order valence-electron chi connectivity index (χ1n) is 10.2. The van der Waals surface area contributed by atoms with Gasteiger partial charge in [0.25, 0.3) is 5.91 Å². The number of nitrogens with zero attached hydrogens (tertiary/aromatic N) is 1. The number of hydrogen-bond donors (Lipinski definition) is 1. The van der Waals surface area contributed by atoms with Gasteiger partial charge in [0.15, 0.2) is 0 Å². The van der Waals surface area contributed by atoms with Gasteiger partial charge in [-0.25, -0.2) is 0 Å². The van der Waals surface area contributed by atoms with Gasteiger partial charge >= 0.3 is 0 Å². The molecule has 28 heavy (non-hydrogen) atoms. The van der Waals surface area contributed by atoms with Crippen LogP contribution in [0.5, 0.6) is 5.75 Å². The summed E-state index contributed by atoms with van der Waals surface area (Å²) in [7, 11) is 0. The van der Waals surface area contributed by atoms with Crippen LogP contribution in [0.25, 0.3) is 0 Å². The monoisotopic (exact) mass is 378 g/mol. The van der Waals surface area contributed by atoms with Crippen molar-refractivity contribution in [1.82, 2.24) is 0 Å². The standard InChI is InChI=1S/C23H26N2O3/c1-2-22(26)25-14-13-16-15-17(11-12-20(16)25)23(27)24-19-9-5-6-10-21(19)28-18-7-3-4-8-18/h5-6,9-12,15,18H,2-4,7-8,13-14H2,1H3,(H,24,27). The van der Waals surface area contributed by atoms with Crippen LogP contribution in [0.4, 0.5) is 11.4 Å². The highest BCUT2D eigenvalue weighted by Crippen LogP contribution is 2.32. The van der Waals surface area contributed by atoms with Crippen molar-refractivity contribution < 1.29 is 14.3 Å². The first-order valence-corrected chi connectivity index (χ1v) is 10.2. The van der Waals surface area contributed by atoms with Crippen molar-refractivity contribution in [2.45, 2.75) is 51.6 Å². The third-order valence-electron chi connectivity index (χ3n) is 5.57. The molecule has 2 aromatic carbocycles. The summed E-state index contributed by atoms with van der Waals surface area (Å²) in [5.74, 6) is 0.683. The lowest BCUT2D eigenvalue weighted by molar-refractivity contribution is -0.118. The predicted molar refractivity (Wildman–Crippen MR) is 110 cm³/mol. The molecule has 0 aromatic heterocycles. The summed E-state index contributed by atoms with van der Waals surface area (Å²) in [4.78, 5) is 26.7.